The average molecular weight is 360 g/mol. The monoisotopic (exact) mass is 360 g/mol. The fourth-order valence-electron chi connectivity index (χ4n) is 3.15. The molecule has 0 fully saturated rings. The van der Waals surface area contributed by atoms with Gasteiger partial charge in [-0.25, -0.2) is 14.5 Å². The molecular weight excluding hydrogens is 344 g/mol. The van der Waals surface area contributed by atoms with E-state index in [9.17, 15) is 5.11 Å². The number of pyridine rings is 1. The lowest BCUT2D eigenvalue weighted by molar-refractivity contribution is 0.212. The van der Waals surface area contributed by atoms with Crippen LogP contribution in [0.1, 0.15) is 17.4 Å². The van der Waals surface area contributed by atoms with E-state index in [0.29, 0.717) is 22.7 Å². The summed E-state index contributed by atoms with van der Waals surface area (Å²) in [6.07, 6.45) is 7.88. The molecule has 3 N–H and O–H groups in total. The third kappa shape index (κ3) is 2.52. The van der Waals surface area contributed by atoms with E-state index in [0.717, 1.165) is 16.9 Å². The number of aliphatic hydroxyl groups excluding tert-OH is 1. The van der Waals surface area contributed by atoms with E-state index >= 15 is 0 Å². The predicted molar refractivity (Wildman–Crippen MR) is 98.9 cm³/mol. The molecule has 9 nitrogen and oxygen atoms in total. The van der Waals surface area contributed by atoms with Crippen LogP contribution in [0.25, 0.3) is 22.6 Å². The first-order valence-corrected chi connectivity index (χ1v) is 8.34. The van der Waals surface area contributed by atoms with Crippen LogP contribution in [0.3, 0.4) is 0 Å². The third-order valence-electron chi connectivity index (χ3n) is 4.48. The maximum Gasteiger partial charge on any atom is 0.153 e. The zero-order valence-corrected chi connectivity index (χ0v) is 14.4. The number of hydrogen-bond donors (Lipinski definition) is 2. The van der Waals surface area contributed by atoms with Crippen molar-refractivity contribution in [3.63, 3.8) is 0 Å². The van der Waals surface area contributed by atoms with E-state index in [-0.39, 0.29) is 0 Å². The van der Waals surface area contributed by atoms with Crippen molar-refractivity contribution in [1.29, 1.82) is 0 Å². The highest BCUT2D eigenvalue weighted by Crippen LogP contribution is 2.24. The molecule has 0 radical (unpaired) electrons. The SMILES string of the molecule is Cn1cc(-c2ccc3ncc(C(O)c4ccc5nc(N)cn5c4)n3n2)cn1. The number of nitrogens with two attached hydrogens (primary N) is 1. The first kappa shape index (κ1) is 15.5. The van der Waals surface area contributed by atoms with E-state index < -0.39 is 6.10 Å². The summed E-state index contributed by atoms with van der Waals surface area (Å²) in [5.74, 6) is 0.430. The first-order valence-electron chi connectivity index (χ1n) is 8.34. The van der Waals surface area contributed by atoms with E-state index in [1.807, 2.05) is 37.5 Å². The highest BCUT2D eigenvalue weighted by atomic mass is 16.3. The van der Waals surface area contributed by atoms with Crippen LogP contribution in [0.4, 0.5) is 5.82 Å². The summed E-state index contributed by atoms with van der Waals surface area (Å²) >= 11 is 0. The van der Waals surface area contributed by atoms with E-state index in [1.165, 1.54) is 0 Å². The molecule has 9 heteroatoms. The topological polar surface area (TPSA) is 112 Å². The molecule has 1 atom stereocenters. The van der Waals surface area contributed by atoms with Gasteiger partial charge in [0.15, 0.2) is 5.65 Å². The fourth-order valence-corrected chi connectivity index (χ4v) is 3.15. The highest BCUT2D eigenvalue weighted by molar-refractivity contribution is 5.58. The van der Waals surface area contributed by atoms with Gasteiger partial charge in [0.2, 0.25) is 0 Å². The highest BCUT2D eigenvalue weighted by Gasteiger charge is 2.18. The van der Waals surface area contributed by atoms with Crippen LogP contribution in [0.15, 0.2) is 55.2 Å². The molecule has 5 rings (SSSR count). The minimum Gasteiger partial charge on any atom is -0.382 e. The summed E-state index contributed by atoms with van der Waals surface area (Å²) in [5.41, 5.74) is 10.0. The van der Waals surface area contributed by atoms with Crippen molar-refractivity contribution in [1.82, 2.24) is 33.8 Å². The van der Waals surface area contributed by atoms with E-state index in [1.54, 1.807) is 38.4 Å². The molecule has 0 aromatic carbocycles. The number of anilines is 1. The standard InChI is InChI=1S/C18H16N8O/c1-24-8-12(6-21-24)13-3-5-16-20-7-14(26(16)23-13)18(27)11-2-4-17-22-15(19)10-25(17)9-11/h2-10,18,27H,19H2,1H3. The predicted octanol–water partition coefficient (Wildman–Crippen LogP) is 1.44. The Morgan fingerprint density at radius 1 is 1.04 bits per heavy atom. The fraction of sp³-hybridized carbons (Fsp3) is 0.111. The molecule has 0 aliphatic carbocycles. The lowest BCUT2D eigenvalue weighted by atomic mass is 10.1. The normalized spacial score (nSPS) is 12.8. The van der Waals surface area contributed by atoms with Gasteiger partial charge < -0.3 is 15.2 Å². The van der Waals surface area contributed by atoms with E-state index in [4.69, 9.17) is 5.73 Å². The maximum atomic E-state index is 10.9. The van der Waals surface area contributed by atoms with Crippen LogP contribution in [0.5, 0.6) is 0 Å². The van der Waals surface area contributed by atoms with Crippen LogP contribution >= 0.6 is 0 Å². The summed E-state index contributed by atoms with van der Waals surface area (Å²) in [7, 11) is 1.85. The molecule has 0 saturated heterocycles. The quantitative estimate of drug-likeness (QED) is 0.504. The molecule has 5 heterocycles. The second-order valence-electron chi connectivity index (χ2n) is 6.37. The number of aliphatic hydroxyl groups is 1. The summed E-state index contributed by atoms with van der Waals surface area (Å²) in [6, 6.07) is 7.38. The lowest BCUT2D eigenvalue weighted by Crippen LogP contribution is -2.07. The van der Waals surface area contributed by atoms with Gasteiger partial charge in [0.25, 0.3) is 0 Å². The van der Waals surface area contributed by atoms with Crippen LogP contribution < -0.4 is 5.73 Å². The van der Waals surface area contributed by atoms with Gasteiger partial charge >= 0.3 is 0 Å². The van der Waals surface area contributed by atoms with Gasteiger partial charge in [-0.15, -0.1) is 0 Å². The Morgan fingerprint density at radius 2 is 1.89 bits per heavy atom. The summed E-state index contributed by atoms with van der Waals surface area (Å²) in [6.45, 7) is 0. The Hall–Kier alpha value is -3.72. The Bertz CT molecular complexity index is 1280. The summed E-state index contributed by atoms with van der Waals surface area (Å²) < 4.78 is 5.15. The number of fused-ring (bicyclic) bond motifs is 2. The molecule has 0 saturated carbocycles. The largest absolute Gasteiger partial charge is 0.382 e. The molecule has 5 aromatic rings. The van der Waals surface area contributed by atoms with Gasteiger partial charge in [-0.2, -0.15) is 10.2 Å². The summed E-state index contributed by atoms with van der Waals surface area (Å²) in [4.78, 5) is 8.55. The van der Waals surface area contributed by atoms with Crippen molar-refractivity contribution < 1.29 is 5.11 Å². The van der Waals surface area contributed by atoms with Gasteiger partial charge in [0.1, 0.15) is 17.6 Å². The smallest absolute Gasteiger partial charge is 0.153 e. The van der Waals surface area contributed by atoms with Crippen LogP contribution in [0, 0.1) is 0 Å². The van der Waals surface area contributed by atoms with Crippen molar-refractivity contribution in [2.75, 3.05) is 5.73 Å². The number of nitrogens with zero attached hydrogens (tertiary/aromatic N) is 7. The Labute approximate surface area is 153 Å². The second-order valence-corrected chi connectivity index (χ2v) is 6.37. The van der Waals surface area contributed by atoms with Crippen molar-refractivity contribution in [2.24, 2.45) is 7.05 Å². The van der Waals surface area contributed by atoms with Crippen molar-refractivity contribution >= 4 is 17.1 Å². The van der Waals surface area contributed by atoms with Crippen LogP contribution in [0.2, 0.25) is 0 Å². The first-order chi connectivity index (χ1) is 13.1. The van der Waals surface area contributed by atoms with Gasteiger partial charge in [0, 0.05) is 30.6 Å². The number of nitrogen functional groups attached to an aromatic ring is 1. The molecule has 5 aromatic heterocycles. The van der Waals surface area contributed by atoms with Crippen molar-refractivity contribution in [3.05, 3.63) is 66.5 Å². The van der Waals surface area contributed by atoms with Gasteiger partial charge in [-0.3, -0.25) is 4.68 Å². The van der Waals surface area contributed by atoms with Gasteiger partial charge in [0.05, 0.1) is 30.0 Å². The van der Waals surface area contributed by atoms with E-state index in [2.05, 4.69) is 20.2 Å². The number of imidazole rings is 2. The van der Waals surface area contributed by atoms with Gasteiger partial charge in [-0.1, -0.05) is 6.07 Å². The molecule has 0 amide bonds. The Kier molecular flexibility index (Phi) is 3.25. The Morgan fingerprint density at radius 3 is 2.70 bits per heavy atom. The summed E-state index contributed by atoms with van der Waals surface area (Å²) in [5, 5.41) is 19.7. The number of hydrogen-bond acceptors (Lipinski definition) is 6. The number of aromatic nitrogens is 7. The number of rotatable bonds is 3. The van der Waals surface area contributed by atoms with Crippen molar-refractivity contribution in [2.45, 2.75) is 6.10 Å². The molecule has 27 heavy (non-hydrogen) atoms. The molecule has 0 aliphatic heterocycles. The van der Waals surface area contributed by atoms with Crippen LogP contribution in [-0.4, -0.2) is 38.9 Å². The van der Waals surface area contributed by atoms with Crippen molar-refractivity contribution in [3.8, 4) is 11.3 Å². The second kappa shape index (κ2) is 5.64. The average Bonchev–Trinajstić information content (AvgIpc) is 3.36. The molecule has 0 aliphatic rings. The maximum absolute atomic E-state index is 10.9. The van der Waals surface area contributed by atoms with Crippen LogP contribution in [-0.2, 0) is 7.05 Å². The Balaban J connectivity index is 1.60. The molecule has 1 unspecified atom stereocenters. The zero-order chi connectivity index (χ0) is 18.5. The zero-order valence-electron chi connectivity index (χ0n) is 14.4. The minimum atomic E-state index is -0.898. The van der Waals surface area contributed by atoms with Gasteiger partial charge in [-0.05, 0) is 18.2 Å². The minimum absolute atomic E-state index is 0.430. The lowest BCUT2D eigenvalue weighted by Gasteiger charge is -2.11. The third-order valence-corrected chi connectivity index (χ3v) is 4.48. The molecule has 134 valence electrons. The molecular formula is C18H16N8O. The number of aryl methyl sites for hydroxylation is 1. The molecule has 0 bridgehead atoms. The molecule has 0 spiro atoms.